The first kappa shape index (κ1) is 17.2. The van der Waals surface area contributed by atoms with Gasteiger partial charge in [0.1, 0.15) is 0 Å². The molecule has 0 spiro atoms. The molecule has 6 nitrogen and oxygen atoms in total. The van der Waals surface area contributed by atoms with Crippen LogP contribution in [0.1, 0.15) is 23.2 Å². The van der Waals surface area contributed by atoms with E-state index in [1.807, 2.05) is 29.8 Å². The third-order valence-electron chi connectivity index (χ3n) is 4.30. The van der Waals surface area contributed by atoms with Crippen LogP contribution in [0.2, 0.25) is 0 Å². The number of aliphatic hydroxyl groups excluding tert-OH is 1. The summed E-state index contributed by atoms with van der Waals surface area (Å²) in [6.07, 6.45) is 4.57. The van der Waals surface area contributed by atoms with Crippen LogP contribution in [-0.4, -0.2) is 33.6 Å². The summed E-state index contributed by atoms with van der Waals surface area (Å²) < 4.78 is 1.83. The lowest BCUT2D eigenvalue weighted by atomic mass is 10.1. The highest BCUT2D eigenvalue weighted by Gasteiger charge is 2.20. The second-order valence-corrected chi connectivity index (χ2v) is 6.70. The van der Waals surface area contributed by atoms with E-state index in [4.69, 9.17) is 5.11 Å². The Hall–Kier alpha value is -2.60. The van der Waals surface area contributed by atoms with Crippen molar-refractivity contribution in [1.29, 1.82) is 0 Å². The average molecular weight is 340 g/mol. The van der Waals surface area contributed by atoms with E-state index < -0.39 is 0 Å². The van der Waals surface area contributed by atoms with Crippen LogP contribution in [0.4, 0.5) is 10.6 Å². The number of aryl methyl sites for hydroxylation is 3. The summed E-state index contributed by atoms with van der Waals surface area (Å²) in [5, 5.41) is 19.3. The number of carbonyl (C=O) groups is 1. The van der Waals surface area contributed by atoms with Gasteiger partial charge in [-0.1, -0.05) is 18.2 Å². The molecule has 0 aliphatic heterocycles. The summed E-state index contributed by atoms with van der Waals surface area (Å²) in [4.78, 5) is 12.2. The number of hydrogen-bond donors (Lipinski definition) is 3. The van der Waals surface area contributed by atoms with Gasteiger partial charge in [-0.3, -0.25) is 5.32 Å². The molecule has 1 aliphatic rings. The number of aromatic nitrogens is 2. The Labute approximate surface area is 147 Å². The summed E-state index contributed by atoms with van der Waals surface area (Å²) in [7, 11) is 0. The normalized spacial score (nSPS) is 19.2. The molecule has 0 unspecified atom stereocenters. The van der Waals surface area contributed by atoms with Gasteiger partial charge in [-0.2, -0.15) is 0 Å². The van der Waals surface area contributed by atoms with Crippen LogP contribution in [0.5, 0.6) is 0 Å². The fourth-order valence-electron chi connectivity index (χ4n) is 3.21. The lowest BCUT2D eigenvalue weighted by Crippen LogP contribution is -2.36. The minimum atomic E-state index is -0.293. The Kier molecular flexibility index (Phi) is 4.90. The van der Waals surface area contributed by atoms with Crippen molar-refractivity contribution < 1.29 is 9.90 Å². The zero-order valence-electron chi connectivity index (χ0n) is 14.8. The molecule has 3 rings (SSSR count). The van der Waals surface area contributed by atoms with E-state index in [1.54, 1.807) is 0 Å². The number of benzene rings is 1. The standard InChI is InChI=1S/C19H24N4O2/c1-12-6-13(2)8-17(7-12)23-14(3)9-18(22-23)21-19(25)20-16-5-4-15(10-16)11-24/h4-9,15-16,24H,10-11H2,1-3H3,(H2,20,21,22,25)/t15-,16+/m0/s1. The van der Waals surface area contributed by atoms with E-state index in [9.17, 15) is 4.79 Å². The molecule has 1 aromatic heterocycles. The maximum Gasteiger partial charge on any atom is 0.320 e. The molecular weight excluding hydrogens is 316 g/mol. The zero-order chi connectivity index (χ0) is 18.0. The summed E-state index contributed by atoms with van der Waals surface area (Å²) in [5.41, 5.74) is 4.27. The van der Waals surface area contributed by atoms with Crippen LogP contribution in [0, 0.1) is 26.7 Å². The van der Waals surface area contributed by atoms with Gasteiger partial charge in [0.2, 0.25) is 0 Å². The van der Waals surface area contributed by atoms with Gasteiger partial charge >= 0.3 is 6.03 Å². The molecule has 25 heavy (non-hydrogen) atoms. The van der Waals surface area contributed by atoms with Crippen LogP contribution in [-0.2, 0) is 0 Å². The van der Waals surface area contributed by atoms with Crippen molar-refractivity contribution in [3.63, 3.8) is 0 Å². The molecule has 1 aromatic carbocycles. The molecule has 0 fully saturated rings. The number of urea groups is 1. The quantitative estimate of drug-likeness (QED) is 0.749. The Morgan fingerprint density at radius 3 is 2.56 bits per heavy atom. The second kappa shape index (κ2) is 7.11. The van der Waals surface area contributed by atoms with Crippen LogP contribution < -0.4 is 10.6 Å². The maximum absolute atomic E-state index is 12.2. The summed E-state index contributed by atoms with van der Waals surface area (Å²) in [6.45, 7) is 6.17. The van der Waals surface area contributed by atoms with Crippen molar-refractivity contribution in [3.05, 3.63) is 53.2 Å². The number of aliphatic hydroxyl groups is 1. The fraction of sp³-hybridized carbons (Fsp3) is 0.368. The molecule has 2 atom stereocenters. The first-order valence-electron chi connectivity index (χ1n) is 8.46. The number of nitrogens with one attached hydrogen (secondary N) is 2. The summed E-state index contributed by atoms with van der Waals surface area (Å²) in [5.74, 6) is 0.631. The van der Waals surface area contributed by atoms with Crippen molar-refractivity contribution >= 4 is 11.8 Å². The van der Waals surface area contributed by atoms with E-state index in [1.165, 1.54) is 11.1 Å². The lowest BCUT2D eigenvalue weighted by Gasteiger charge is -2.12. The minimum Gasteiger partial charge on any atom is -0.396 e. The van der Waals surface area contributed by atoms with Gasteiger partial charge in [0.25, 0.3) is 0 Å². The van der Waals surface area contributed by atoms with Crippen molar-refractivity contribution in [1.82, 2.24) is 15.1 Å². The lowest BCUT2D eigenvalue weighted by molar-refractivity contribution is 0.238. The molecule has 3 N–H and O–H groups in total. The first-order chi connectivity index (χ1) is 11.9. The first-order valence-corrected chi connectivity index (χ1v) is 8.46. The van der Waals surface area contributed by atoms with Gasteiger partial charge in [0.15, 0.2) is 5.82 Å². The average Bonchev–Trinajstić information content (AvgIpc) is 3.12. The topological polar surface area (TPSA) is 79.2 Å². The molecule has 2 amide bonds. The highest BCUT2D eigenvalue weighted by atomic mass is 16.3. The fourth-order valence-corrected chi connectivity index (χ4v) is 3.21. The van der Waals surface area contributed by atoms with Crippen LogP contribution in [0.25, 0.3) is 5.69 Å². The smallest absolute Gasteiger partial charge is 0.320 e. The van der Waals surface area contributed by atoms with Crippen molar-refractivity contribution in [2.45, 2.75) is 33.2 Å². The second-order valence-electron chi connectivity index (χ2n) is 6.70. The van der Waals surface area contributed by atoms with Crippen molar-refractivity contribution in [2.75, 3.05) is 11.9 Å². The van der Waals surface area contributed by atoms with E-state index in [0.717, 1.165) is 17.8 Å². The predicted molar refractivity (Wildman–Crippen MR) is 98.1 cm³/mol. The maximum atomic E-state index is 12.2. The van der Waals surface area contributed by atoms with E-state index >= 15 is 0 Å². The highest BCUT2D eigenvalue weighted by Crippen LogP contribution is 2.19. The van der Waals surface area contributed by atoms with Gasteiger partial charge in [-0.15, -0.1) is 5.10 Å². The number of anilines is 1. The van der Waals surface area contributed by atoms with Gasteiger partial charge in [0, 0.05) is 30.3 Å². The molecule has 0 bridgehead atoms. The Bertz CT molecular complexity index is 790. The Morgan fingerprint density at radius 1 is 1.20 bits per heavy atom. The molecule has 0 radical (unpaired) electrons. The van der Waals surface area contributed by atoms with Crippen molar-refractivity contribution in [3.8, 4) is 5.69 Å². The minimum absolute atomic E-state index is 0.0558. The predicted octanol–water partition coefficient (Wildman–Crippen LogP) is 2.86. The van der Waals surface area contributed by atoms with Gasteiger partial charge in [-0.25, -0.2) is 9.48 Å². The number of hydrogen-bond acceptors (Lipinski definition) is 3. The Morgan fingerprint density at radius 2 is 1.92 bits per heavy atom. The number of rotatable bonds is 4. The molecule has 132 valence electrons. The third-order valence-corrected chi connectivity index (χ3v) is 4.30. The number of nitrogens with zero attached hydrogens (tertiary/aromatic N) is 2. The van der Waals surface area contributed by atoms with Crippen LogP contribution in [0.3, 0.4) is 0 Å². The molecule has 1 aliphatic carbocycles. The SMILES string of the molecule is Cc1cc(C)cc(-n2nc(NC(=O)N[C@@H]3C=C[C@H](CO)C3)cc2C)c1. The molecule has 0 saturated heterocycles. The molecule has 0 saturated carbocycles. The third kappa shape index (κ3) is 4.09. The Balaban J connectivity index is 1.68. The number of amides is 2. The molecule has 1 heterocycles. The zero-order valence-corrected chi connectivity index (χ0v) is 14.8. The van der Waals surface area contributed by atoms with Crippen LogP contribution in [0.15, 0.2) is 36.4 Å². The summed E-state index contributed by atoms with van der Waals surface area (Å²) >= 11 is 0. The van der Waals surface area contributed by atoms with Gasteiger partial charge in [-0.05, 0) is 50.5 Å². The molecule has 6 heteroatoms. The van der Waals surface area contributed by atoms with Crippen LogP contribution >= 0.6 is 0 Å². The molecular formula is C19H24N4O2. The summed E-state index contributed by atoms with van der Waals surface area (Å²) in [6, 6.07) is 7.74. The number of carbonyl (C=O) groups excluding carboxylic acids is 1. The molecule has 2 aromatic rings. The van der Waals surface area contributed by atoms with Crippen molar-refractivity contribution in [2.24, 2.45) is 5.92 Å². The van der Waals surface area contributed by atoms with E-state index in [2.05, 4.69) is 47.8 Å². The van der Waals surface area contributed by atoms with E-state index in [-0.39, 0.29) is 24.6 Å². The highest BCUT2D eigenvalue weighted by molar-refractivity contribution is 5.88. The van der Waals surface area contributed by atoms with Gasteiger partial charge < -0.3 is 10.4 Å². The largest absolute Gasteiger partial charge is 0.396 e. The monoisotopic (exact) mass is 340 g/mol. The van der Waals surface area contributed by atoms with E-state index in [0.29, 0.717) is 5.82 Å². The van der Waals surface area contributed by atoms with Gasteiger partial charge in [0.05, 0.1) is 5.69 Å².